The van der Waals surface area contributed by atoms with Crippen LogP contribution in [-0.4, -0.2) is 38.3 Å². The monoisotopic (exact) mass is 690 g/mol. The Labute approximate surface area is 278 Å². The van der Waals surface area contributed by atoms with Gasteiger partial charge in [-0.25, -0.2) is 22.0 Å². The Morgan fingerprint density at radius 2 is 1.12 bits per heavy atom. The second kappa shape index (κ2) is 18.1. The second-order valence-corrected chi connectivity index (χ2v) is 13.3. The van der Waals surface area contributed by atoms with E-state index >= 15 is 0 Å². The fraction of sp³-hybridized carbons (Fsp3) is 0.622. The quantitative estimate of drug-likeness (QED) is 0.0997. The third-order valence-electron chi connectivity index (χ3n) is 9.58. The maximum absolute atomic E-state index is 15.0. The van der Waals surface area contributed by atoms with Gasteiger partial charge in [-0.05, 0) is 92.9 Å². The number of unbranched alkanes of at least 4 members (excludes halogenated alkanes) is 1. The SMILES string of the molecule is CCCCOc1ccc(OCC(F)C(F)c2ccc(OCC(F)C(F)C3CCC(/C=C/C4CCC(C)CC4)CC3)c(F)c2F)c(F)c1F. The van der Waals surface area contributed by atoms with Gasteiger partial charge in [0.15, 0.2) is 41.6 Å². The Morgan fingerprint density at radius 3 is 1.69 bits per heavy atom. The molecule has 2 aromatic rings. The molecule has 0 aliphatic heterocycles. The number of benzene rings is 2. The highest BCUT2D eigenvalue weighted by Crippen LogP contribution is 2.37. The first-order valence-corrected chi connectivity index (χ1v) is 17.1. The van der Waals surface area contributed by atoms with E-state index in [0.717, 1.165) is 49.4 Å². The van der Waals surface area contributed by atoms with Gasteiger partial charge in [-0.15, -0.1) is 0 Å². The standard InChI is InChI=1S/C37H46F8O3/c1-3-4-19-46-29-17-18-31(37(45)36(29)44)48-21-28(39)33(41)26-15-16-30(35(43)34(26)42)47-20-27(38)32(40)25-13-11-24(12-14-25)10-9-23-7-5-22(2)6-8-23/h9-10,15-18,22-25,27-28,32-33H,3-8,11-14,19-21H2,1-2H3/b10-9+. The van der Waals surface area contributed by atoms with Crippen molar-refractivity contribution in [1.29, 1.82) is 0 Å². The van der Waals surface area contributed by atoms with Gasteiger partial charge in [-0.2, -0.15) is 13.2 Å². The summed E-state index contributed by atoms with van der Waals surface area (Å²) < 4.78 is 132. The summed E-state index contributed by atoms with van der Waals surface area (Å²) >= 11 is 0. The van der Waals surface area contributed by atoms with Crippen LogP contribution >= 0.6 is 0 Å². The Bertz CT molecular complexity index is 1320. The molecule has 0 radical (unpaired) electrons. The normalized spacial score (nSPS) is 24.2. The lowest BCUT2D eigenvalue weighted by atomic mass is 9.77. The van der Waals surface area contributed by atoms with Gasteiger partial charge in [-0.1, -0.05) is 45.3 Å². The molecule has 2 fully saturated rings. The molecule has 0 saturated heterocycles. The molecule has 268 valence electrons. The van der Waals surface area contributed by atoms with Gasteiger partial charge in [0.25, 0.3) is 0 Å². The molecular formula is C37H46F8O3. The molecule has 4 atom stereocenters. The molecule has 0 spiro atoms. The molecule has 0 aromatic heterocycles. The van der Waals surface area contributed by atoms with Gasteiger partial charge in [0.1, 0.15) is 19.4 Å². The number of rotatable bonds is 16. The fourth-order valence-electron chi connectivity index (χ4n) is 6.39. The van der Waals surface area contributed by atoms with Gasteiger partial charge in [-0.3, -0.25) is 0 Å². The van der Waals surface area contributed by atoms with E-state index in [0.29, 0.717) is 31.1 Å². The van der Waals surface area contributed by atoms with Crippen LogP contribution in [0.4, 0.5) is 35.1 Å². The van der Waals surface area contributed by atoms with Crippen LogP contribution in [-0.2, 0) is 0 Å². The van der Waals surface area contributed by atoms with Crippen molar-refractivity contribution >= 4 is 0 Å². The van der Waals surface area contributed by atoms with Crippen molar-refractivity contribution in [2.75, 3.05) is 19.8 Å². The summed E-state index contributed by atoms with van der Waals surface area (Å²) in [5.41, 5.74) is -1.02. The Kier molecular flexibility index (Phi) is 14.3. The molecule has 48 heavy (non-hydrogen) atoms. The number of allylic oxidation sites excluding steroid dienone is 2. The first-order valence-electron chi connectivity index (χ1n) is 17.1. The predicted molar refractivity (Wildman–Crippen MR) is 168 cm³/mol. The molecule has 4 unspecified atom stereocenters. The first-order chi connectivity index (χ1) is 23.0. The summed E-state index contributed by atoms with van der Waals surface area (Å²) in [6.45, 7) is 2.28. The van der Waals surface area contributed by atoms with E-state index in [9.17, 15) is 35.1 Å². The zero-order valence-corrected chi connectivity index (χ0v) is 27.5. The van der Waals surface area contributed by atoms with Crippen LogP contribution < -0.4 is 14.2 Å². The molecule has 2 aromatic carbocycles. The zero-order chi connectivity index (χ0) is 34.8. The van der Waals surface area contributed by atoms with E-state index in [-0.39, 0.29) is 12.4 Å². The number of ether oxygens (including phenoxy) is 3. The number of hydrogen-bond donors (Lipinski definition) is 0. The van der Waals surface area contributed by atoms with Gasteiger partial charge in [0, 0.05) is 5.56 Å². The third kappa shape index (κ3) is 10.0. The molecule has 0 N–H and O–H groups in total. The van der Waals surface area contributed by atoms with Gasteiger partial charge in [0.05, 0.1) is 6.61 Å². The van der Waals surface area contributed by atoms with Gasteiger partial charge >= 0.3 is 0 Å². The maximum Gasteiger partial charge on any atom is 0.204 e. The minimum atomic E-state index is -2.75. The van der Waals surface area contributed by atoms with Crippen LogP contribution in [0.15, 0.2) is 36.4 Å². The average Bonchev–Trinajstić information content (AvgIpc) is 3.09. The lowest BCUT2D eigenvalue weighted by molar-refractivity contribution is 0.0514. The highest BCUT2D eigenvalue weighted by Gasteiger charge is 2.34. The molecule has 0 amide bonds. The minimum Gasteiger partial charge on any atom is -0.490 e. The Morgan fingerprint density at radius 1 is 0.646 bits per heavy atom. The number of halogens is 8. The van der Waals surface area contributed by atoms with Crippen LogP contribution in [0.5, 0.6) is 17.2 Å². The van der Waals surface area contributed by atoms with Crippen molar-refractivity contribution < 1.29 is 49.3 Å². The summed E-state index contributed by atoms with van der Waals surface area (Å²) in [6.07, 6.45) is 3.92. The van der Waals surface area contributed by atoms with Crippen molar-refractivity contribution in [3.05, 3.63) is 65.2 Å². The number of alkyl halides is 4. The molecule has 2 saturated carbocycles. The predicted octanol–water partition coefficient (Wildman–Crippen LogP) is 11.1. The molecule has 11 heteroatoms. The maximum atomic E-state index is 15.0. The van der Waals surface area contributed by atoms with E-state index in [1.165, 1.54) is 25.7 Å². The fourth-order valence-corrected chi connectivity index (χ4v) is 6.39. The zero-order valence-electron chi connectivity index (χ0n) is 27.5. The smallest absolute Gasteiger partial charge is 0.204 e. The van der Waals surface area contributed by atoms with Crippen LogP contribution in [0.3, 0.4) is 0 Å². The molecule has 0 bridgehead atoms. The number of hydrogen-bond acceptors (Lipinski definition) is 3. The molecule has 0 heterocycles. The summed E-state index contributed by atoms with van der Waals surface area (Å²) in [5.74, 6) is -7.02. The Hall–Kier alpha value is -2.98. The molecule has 4 rings (SSSR count). The van der Waals surface area contributed by atoms with Crippen molar-refractivity contribution in [2.24, 2.45) is 23.7 Å². The topological polar surface area (TPSA) is 27.7 Å². The summed E-state index contributed by atoms with van der Waals surface area (Å²) in [5, 5.41) is 0. The van der Waals surface area contributed by atoms with E-state index in [1.807, 2.05) is 6.92 Å². The minimum absolute atomic E-state index is 0.151. The average molecular weight is 691 g/mol. The molecule has 2 aliphatic rings. The lowest BCUT2D eigenvalue weighted by Crippen LogP contribution is -2.33. The summed E-state index contributed by atoms with van der Waals surface area (Å²) in [7, 11) is 0. The lowest BCUT2D eigenvalue weighted by Gasteiger charge is -2.31. The highest BCUT2D eigenvalue weighted by molar-refractivity contribution is 5.35. The van der Waals surface area contributed by atoms with Crippen LogP contribution in [0.1, 0.15) is 89.8 Å². The molecule has 2 aliphatic carbocycles. The van der Waals surface area contributed by atoms with E-state index < -0.39 is 84.1 Å². The van der Waals surface area contributed by atoms with Crippen LogP contribution in [0.25, 0.3) is 0 Å². The van der Waals surface area contributed by atoms with Crippen molar-refractivity contribution in [2.45, 2.75) is 103 Å². The molecular weight excluding hydrogens is 644 g/mol. The van der Waals surface area contributed by atoms with Crippen LogP contribution in [0.2, 0.25) is 0 Å². The van der Waals surface area contributed by atoms with E-state index in [2.05, 4.69) is 19.1 Å². The van der Waals surface area contributed by atoms with Gasteiger partial charge < -0.3 is 14.2 Å². The van der Waals surface area contributed by atoms with E-state index in [4.69, 9.17) is 14.2 Å². The molecule has 3 nitrogen and oxygen atoms in total. The van der Waals surface area contributed by atoms with Crippen molar-refractivity contribution in [3.8, 4) is 17.2 Å². The Balaban J connectivity index is 1.24. The van der Waals surface area contributed by atoms with Crippen molar-refractivity contribution in [3.63, 3.8) is 0 Å². The second-order valence-electron chi connectivity index (χ2n) is 13.3. The first kappa shape index (κ1) is 37.8. The summed E-state index contributed by atoms with van der Waals surface area (Å²) in [4.78, 5) is 0. The van der Waals surface area contributed by atoms with Gasteiger partial charge in [0.2, 0.25) is 17.5 Å². The van der Waals surface area contributed by atoms with Crippen molar-refractivity contribution in [1.82, 2.24) is 0 Å². The summed E-state index contributed by atoms with van der Waals surface area (Å²) in [6, 6.07) is 3.57. The van der Waals surface area contributed by atoms with E-state index in [1.54, 1.807) is 0 Å². The largest absolute Gasteiger partial charge is 0.490 e. The third-order valence-corrected chi connectivity index (χ3v) is 9.58. The van der Waals surface area contributed by atoms with Crippen LogP contribution in [0, 0.1) is 46.9 Å². The highest BCUT2D eigenvalue weighted by atomic mass is 19.2.